The first-order chi connectivity index (χ1) is 13.1. The number of piperidine rings is 1. The molecule has 2 saturated heterocycles. The molecule has 0 radical (unpaired) electrons. The number of carbonyl (C=O) groups excluding carboxylic acids is 1. The van der Waals surface area contributed by atoms with Crippen LogP contribution in [0.25, 0.3) is 10.9 Å². The van der Waals surface area contributed by atoms with Gasteiger partial charge in [0.15, 0.2) is 0 Å². The minimum Gasteiger partial charge on any atom is -0.370 e. The summed E-state index contributed by atoms with van der Waals surface area (Å²) in [5.41, 5.74) is 4.88. The number of rotatable bonds is 2. The second kappa shape index (κ2) is 7.19. The predicted octanol–water partition coefficient (Wildman–Crippen LogP) is 3.56. The number of amides is 1. The molecule has 5 heteroatoms. The van der Waals surface area contributed by atoms with Crippen LogP contribution in [0, 0.1) is 31.1 Å². The number of pyridine rings is 1. The smallest absolute Gasteiger partial charge is 0.225 e. The Hall–Kier alpha value is -2.61. The van der Waals surface area contributed by atoms with Crippen LogP contribution in [0.5, 0.6) is 0 Å². The first-order valence-electron chi connectivity index (χ1n) is 9.92. The van der Waals surface area contributed by atoms with Crippen molar-refractivity contribution in [1.82, 2.24) is 9.88 Å². The molecule has 4 rings (SSSR count). The quantitative estimate of drug-likeness (QED) is 0.819. The minimum absolute atomic E-state index is 0.126. The first-order valence-corrected chi connectivity index (χ1v) is 9.92. The lowest BCUT2D eigenvalue weighted by Gasteiger charge is -2.35. The van der Waals surface area contributed by atoms with Gasteiger partial charge < -0.3 is 9.80 Å². The third-order valence-electron chi connectivity index (χ3n) is 5.98. The van der Waals surface area contributed by atoms with Crippen LogP contribution in [-0.4, -0.2) is 42.0 Å². The Morgan fingerprint density at radius 1 is 1.15 bits per heavy atom. The van der Waals surface area contributed by atoms with E-state index in [0.717, 1.165) is 74.0 Å². The van der Waals surface area contributed by atoms with Crippen molar-refractivity contribution in [2.24, 2.45) is 5.92 Å². The summed E-state index contributed by atoms with van der Waals surface area (Å²) in [4.78, 5) is 21.6. The van der Waals surface area contributed by atoms with Crippen molar-refractivity contribution in [3.8, 4) is 6.07 Å². The standard InChI is InChI=1S/C22H26N4O/c1-15-11-16(2)20-19(12-15)21(18(13-23)14-24-20)25-9-5-17(6-10-25)22(27)26-7-3-4-8-26/h11-12,14,17H,3-10H2,1-2H3. The van der Waals surface area contributed by atoms with Crippen LogP contribution < -0.4 is 4.90 Å². The van der Waals surface area contributed by atoms with Gasteiger partial charge in [0, 0.05) is 43.7 Å². The number of carbonyl (C=O) groups is 1. The highest BCUT2D eigenvalue weighted by molar-refractivity contribution is 5.96. The van der Waals surface area contributed by atoms with Crippen molar-refractivity contribution >= 4 is 22.5 Å². The number of nitrogens with zero attached hydrogens (tertiary/aromatic N) is 4. The summed E-state index contributed by atoms with van der Waals surface area (Å²) in [7, 11) is 0. The fraction of sp³-hybridized carbons (Fsp3) is 0.500. The maximum Gasteiger partial charge on any atom is 0.225 e. The lowest BCUT2D eigenvalue weighted by Crippen LogP contribution is -2.42. The average Bonchev–Trinajstić information content (AvgIpc) is 3.21. The van der Waals surface area contributed by atoms with Gasteiger partial charge in [0.2, 0.25) is 5.91 Å². The van der Waals surface area contributed by atoms with Crippen LogP contribution in [0.1, 0.15) is 42.4 Å². The zero-order valence-electron chi connectivity index (χ0n) is 16.2. The molecule has 0 atom stereocenters. The van der Waals surface area contributed by atoms with Gasteiger partial charge in [-0.15, -0.1) is 0 Å². The Morgan fingerprint density at radius 2 is 1.85 bits per heavy atom. The number of anilines is 1. The van der Waals surface area contributed by atoms with Gasteiger partial charge in [-0.3, -0.25) is 9.78 Å². The van der Waals surface area contributed by atoms with Gasteiger partial charge in [-0.1, -0.05) is 11.6 Å². The van der Waals surface area contributed by atoms with Crippen molar-refractivity contribution in [2.45, 2.75) is 39.5 Å². The molecule has 140 valence electrons. The summed E-state index contributed by atoms with van der Waals surface area (Å²) in [5, 5.41) is 10.7. The van der Waals surface area contributed by atoms with E-state index in [-0.39, 0.29) is 5.92 Å². The van der Waals surface area contributed by atoms with Crippen molar-refractivity contribution < 1.29 is 4.79 Å². The SMILES string of the molecule is Cc1cc(C)c2ncc(C#N)c(N3CCC(C(=O)N4CCCC4)CC3)c2c1. The zero-order valence-corrected chi connectivity index (χ0v) is 16.2. The molecule has 0 saturated carbocycles. The maximum absolute atomic E-state index is 12.7. The number of aryl methyl sites for hydroxylation is 2. The van der Waals surface area contributed by atoms with E-state index < -0.39 is 0 Å². The number of benzene rings is 1. The molecule has 2 aliphatic heterocycles. The van der Waals surface area contributed by atoms with E-state index in [9.17, 15) is 10.1 Å². The number of hydrogen-bond acceptors (Lipinski definition) is 4. The van der Waals surface area contributed by atoms with E-state index in [1.165, 1.54) is 5.56 Å². The summed E-state index contributed by atoms with van der Waals surface area (Å²) in [5.74, 6) is 0.459. The molecule has 1 amide bonds. The third-order valence-corrected chi connectivity index (χ3v) is 5.98. The monoisotopic (exact) mass is 362 g/mol. The number of fused-ring (bicyclic) bond motifs is 1. The van der Waals surface area contributed by atoms with Gasteiger partial charge in [0.25, 0.3) is 0 Å². The Morgan fingerprint density at radius 3 is 2.52 bits per heavy atom. The first kappa shape index (κ1) is 17.8. The number of likely N-dealkylation sites (tertiary alicyclic amines) is 1. The van der Waals surface area contributed by atoms with Gasteiger partial charge in [-0.25, -0.2) is 0 Å². The van der Waals surface area contributed by atoms with Gasteiger partial charge >= 0.3 is 0 Å². The zero-order chi connectivity index (χ0) is 19.0. The normalized spacial score (nSPS) is 18.1. The summed E-state index contributed by atoms with van der Waals surface area (Å²) in [6.07, 6.45) is 5.68. The molecule has 0 spiro atoms. The van der Waals surface area contributed by atoms with E-state index in [4.69, 9.17) is 0 Å². The molecule has 2 fully saturated rings. The van der Waals surface area contributed by atoms with Crippen LogP contribution in [0.3, 0.4) is 0 Å². The van der Waals surface area contributed by atoms with Gasteiger partial charge in [0.05, 0.1) is 16.8 Å². The molecule has 27 heavy (non-hydrogen) atoms. The lowest BCUT2D eigenvalue weighted by molar-refractivity contribution is -0.135. The molecule has 0 bridgehead atoms. The molecule has 1 aromatic carbocycles. The highest BCUT2D eigenvalue weighted by atomic mass is 16.2. The third kappa shape index (κ3) is 3.25. The molecule has 5 nitrogen and oxygen atoms in total. The molecular formula is C22H26N4O. The topological polar surface area (TPSA) is 60.2 Å². The van der Waals surface area contributed by atoms with Crippen LogP contribution in [-0.2, 0) is 4.79 Å². The van der Waals surface area contributed by atoms with E-state index in [1.807, 2.05) is 4.90 Å². The molecule has 0 aliphatic carbocycles. The van der Waals surface area contributed by atoms with Crippen LogP contribution in [0.4, 0.5) is 5.69 Å². The predicted molar refractivity (Wildman–Crippen MR) is 107 cm³/mol. The summed E-state index contributed by atoms with van der Waals surface area (Å²) >= 11 is 0. The lowest BCUT2D eigenvalue weighted by atomic mass is 9.93. The van der Waals surface area contributed by atoms with Gasteiger partial charge in [-0.2, -0.15) is 5.26 Å². The van der Waals surface area contributed by atoms with Crippen molar-refractivity contribution in [3.05, 3.63) is 35.0 Å². The van der Waals surface area contributed by atoms with Crippen LogP contribution in [0.2, 0.25) is 0 Å². The van der Waals surface area contributed by atoms with E-state index in [2.05, 4.69) is 41.9 Å². The fourth-order valence-corrected chi connectivity index (χ4v) is 4.62. The molecule has 0 unspecified atom stereocenters. The molecule has 2 aliphatic rings. The van der Waals surface area contributed by atoms with E-state index >= 15 is 0 Å². The summed E-state index contributed by atoms with van der Waals surface area (Å²) in [6.45, 7) is 7.61. The minimum atomic E-state index is 0.126. The number of hydrogen-bond donors (Lipinski definition) is 0. The molecule has 0 N–H and O–H groups in total. The second-order valence-electron chi connectivity index (χ2n) is 7.90. The molecule has 2 aromatic rings. The summed E-state index contributed by atoms with van der Waals surface area (Å²) < 4.78 is 0. The van der Waals surface area contributed by atoms with E-state index in [0.29, 0.717) is 11.5 Å². The maximum atomic E-state index is 12.7. The van der Waals surface area contributed by atoms with Crippen molar-refractivity contribution in [1.29, 1.82) is 5.26 Å². The fourth-order valence-electron chi connectivity index (χ4n) is 4.62. The van der Waals surface area contributed by atoms with Crippen LogP contribution in [0.15, 0.2) is 18.3 Å². The van der Waals surface area contributed by atoms with Crippen molar-refractivity contribution in [3.63, 3.8) is 0 Å². The van der Waals surface area contributed by atoms with E-state index in [1.54, 1.807) is 6.20 Å². The number of aromatic nitrogens is 1. The summed E-state index contributed by atoms with van der Waals surface area (Å²) in [6, 6.07) is 6.59. The van der Waals surface area contributed by atoms with Gasteiger partial charge in [-0.05, 0) is 51.2 Å². The van der Waals surface area contributed by atoms with Crippen LogP contribution >= 0.6 is 0 Å². The van der Waals surface area contributed by atoms with Crippen molar-refractivity contribution in [2.75, 3.05) is 31.1 Å². The van der Waals surface area contributed by atoms with Gasteiger partial charge in [0.1, 0.15) is 6.07 Å². The Balaban J connectivity index is 1.62. The second-order valence-corrected chi connectivity index (χ2v) is 7.90. The Bertz CT molecular complexity index is 916. The Labute approximate surface area is 160 Å². The Kier molecular flexibility index (Phi) is 4.73. The molecular weight excluding hydrogens is 336 g/mol. The highest BCUT2D eigenvalue weighted by Crippen LogP contribution is 2.34. The molecule has 3 heterocycles. The largest absolute Gasteiger partial charge is 0.370 e. The number of nitriles is 1. The molecule has 1 aromatic heterocycles. The average molecular weight is 362 g/mol. The highest BCUT2D eigenvalue weighted by Gasteiger charge is 2.31.